The summed E-state index contributed by atoms with van der Waals surface area (Å²) in [6.45, 7) is 0.0924. The van der Waals surface area contributed by atoms with Gasteiger partial charge in [0.25, 0.3) is 5.91 Å². The number of anilines is 1. The van der Waals surface area contributed by atoms with Crippen LogP contribution in [0.1, 0.15) is 20.8 Å². The zero-order valence-corrected chi connectivity index (χ0v) is 17.8. The monoisotopic (exact) mass is 447 g/mol. The molecule has 3 aromatic rings. The molecule has 0 fully saturated rings. The summed E-state index contributed by atoms with van der Waals surface area (Å²) in [6.07, 6.45) is 2.69. The number of thiophene rings is 1. The third kappa shape index (κ3) is 5.66. The maximum Gasteiger partial charge on any atom is 0.271 e. The van der Waals surface area contributed by atoms with Crippen LogP contribution in [0.3, 0.4) is 0 Å². The van der Waals surface area contributed by atoms with Crippen molar-refractivity contribution in [3.05, 3.63) is 87.1 Å². The smallest absolute Gasteiger partial charge is 0.267 e. The molecule has 0 saturated carbocycles. The lowest BCUT2D eigenvalue weighted by atomic mass is 10.2. The van der Waals surface area contributed by atoms with Crippen molar-refractivity contribution in [1.82, 2.24) is 5.43 Å². The van der Waals surface area contributed by atoms with E-state index in [9.17, 15) is 13.2 Å². The van der Waals surface area contributed by atoms with Gasteiger partial charge in [-0.1, -0.05) is 35.9 Å². The van der Waals surface area contributed by atoms with Crippen LogP contribution in [-0.2, 0) is 16.6 Å². The van der Waals surface area contributed by atoms with Crippen molar-refractivity contribution in [1.29, 1.82) is 0 Å². The minimum atomic E-state index is -3.55. The highest BCUT2D eigenvalue weighted by Crippen LogP contribution is 2.24. The number of hydrazone groups is 1. The van der Waals surface area contributed by atoms with Gasteiger partial charge in [-0.3, -0.25) is 9.10 Å². The van der Waals surface area contributed by atoms with Crippen molar-refractivity contribution in [2.75, 3.05) is 10.6 Å². The summed E-state index contributed by atoms with van der Waals surface area (Å²) in [6, 6.07) is 17.1. The van der Waals surface area contributed by atoms with Crippen LogP contribution in [0.2, 0.25) is 5.02 Å². The number of nitrogens with zero attached hydrogens (tertiary/aromatic N) is 2. The minimum absolute atomic E-state index is 0.0924. The van der Waals surface area contributed by atoms with E-state index in [1.165, 1.54) is 15.6 Å². The average molecular weight is 448 g/mol. The van der Waals surface area contributed by atoms with E-state index in [-0.39, 0.29) is 12.5 Å². The van der Waals surface area contributed by atoms with E-state index in [2.05, 4.69) is 10.5 Å². The SMILES string of the molecule is CS(=O)(=O)N(Cc1ccccc1Cl)c1ccc(C(=O)N/N=C\c2cccs2)cc1. The van der Waals surface area contributed by atoms with E-state index in [1.807, 2.05) is 17.5 Å². The summed E-state index contributed by atoms with van der Waals surface area (Å²) >= 11 is 7.68. The van der Waals surface area contributed by atoms with Crippen LogP contribution >= 0.6 is 22.9 Å². The summed E-state index contributed by atoms with van der Waals surface area (Å²) in [7, 11) is -3.55. The number of amides is 1. The second kappa shape index (κ2) is 9.21. The van der Waals surface area contributed by atoms with Crippen molar-refractivity contribution < 1.29 is 13.2 Å². The van der Waals surface area contributed by atoms with Crippen LogP contribution in [0, 0.1) is 0 Å². The Bertz CT molecular complexity index is 1110. The van der Waals surface area contributed by atoms with Gasteiger partial charge >= 0.3 is 0 Å². The Morgan fingerprint density at radius 2 is 1.86 bits per heavy atom. The predicted molar refractivity (Wildman–Crippen MR) is 118 cm³/mol. The maximum absolute atomic E-state index is 12.3. The fraction of sp³-hybridized carbons (Fsp3) is 0.100. The van der Waals surface area contributed by atoms with Crippen LogP contribution in [0.25, 0.3) is 0 Å². The highest BCUT2D eigenvalue weighted by atomic mass is 35.5. The van der Waals surface area contributed by atoms with Crippen LogP contribution in [0.4, 0.5) is 5.69 Å². The predicted octanol–water partition coefficient (Wildman–Crippen LogP) is 4.13. The van der Waals surface area contributed by atoms with Crippen molar-refractivity contribution in [3.63, 3.8) is 0 Å². The molecule has 0 radical (unpaired) electrons. The maximum atomic E-state index is 12.3. The van der Waals surface area contributed by atoms with Gasteiger partial charge in [0.1, 0.15) is 0 Å². The highest BCUT2D eigenvalue weighted by Gasteiger charge is 2.19. The molecular formula is C20H18ClN3O3S2. The Balaban J connectivity index is 1.75. The summed E-state index contributed by atoms with van der Waals surface area (Å²) in [5.74, 6) is -0.388. The largest absolute Gasteiger partial charge is 0.271 e. The molecule has 1 aromatic heterocycles. The Labute approximate surface area is 178 Å². The first-order chi connectivity index (χ1) is 13.8. The number of halogens is 1. The number of carbonyl (C=O) groups is 1. The molecule has 0 unspecified atom stereocenters. The van der Waals surface area contributed by atoms with Gasteiger partial charge in [-0.25, -0.2) is 13.8 Å². The Kier molecular flexibility index (Phi) is 6.68. The summed E-state index contributed by atoms with van der Waals surface area (Å²) in [5, 5.41) is 6.32. The Morgan fingerprint density at radius 3 is 2.48 bits per heavy atom. The van der Waals surface area contributed by atoms with Crippen LogP contribution in [0.15, 0.2) is 71.1 Å². The minimum Gasteiger partial charge on any atom is -0.267 e. The van der Waals surface area contributed by atoms with E-state index < -0.39 is 10.0 Å². The third-order valence-electron chi connectivity index (χ3n) is 3.99. The van der Waals surface area contributed by atoms with Crippen molar-refractivity contribution in [2.45, 2.75) is 6.54 Å². The first-order valence-corrected chi connectivity index (χ1v) is 11.6. The molecule has 150 valence electrons. The third-order valence-corrected chi connectivity index (χ3v) is 6.31. The average Bonchev–Trinajstić information content (AvgIpc) is 3.20. The molecule has 0 spiro atoms. The Hall–Kier alpha value is -2.68. The number of hydrogen-bond donors (Lipinski definition) is 1. The number of rotatable bonds is 7. The normalized spacial score (nSPS) is 11.5. The lowest BCUT2D eigenvalue weighted by Gasteiger charge is -2.23. The summed E-state index contributed by atoms with van der Waals surface area (Å²) < 4.78 is 25.9. The van der Waals surface area contributed by atoms with Crippen LogP contribution in [-0.4, -0.2) is 26.8 Å². The molecule has 3 rings (SSSR count). The molecule has 6 nitrogen and oxygen atoms in total. The molecule has 0 saturated heterocycles. The van der Waals surface area contributed by atoms with Gasteiger partial charge in [-0.05, 0) is 47.3 Å². The van der Waals surface area contributed by atoms with E-state index in [0.29, 0.717) is 21.8 Å². The first kappa shape index (κ1) is 21.0. The number of hydrogen-bond acceptors (Lipinski definition) is 5. The summed E-state index contributed by atoms with van der Waals surface area (Å²) in [5.41, 5.74) is 3.94. The van der Waals surface area contributed by atoms with E-state index in [4.69, 9.17) is 11.6 Å². The second-order valence-electron chi connectivity index (χ2n) is 6.12. The van der Waals surface area contributed by atoms with Gasteiger partial charge in [0.05, 0.1) is 24.7 Å². The van der Waals surface area contributed by atoms with Gasteiger partial charge in [-0.15, -0.1) is 11.3 Å². The molecule has 1 amide bonds. The van der Waals surface area contributed by atoms with E-state index in [0.717, 1.165) is 11.1 Å². The quantitative estimate of drug-likeness (QED) is 0.437. The first-order valence-electron chi connectivity index (χ1n) is 8.53. The Morgan fingerprint density at radius 1 is 1.14 bits per heavy atom. The molecule has 0 aliphatic carbocycles. The molecule has 0 aliphatic rings. The highest BCUT2D eigenvalue weighted by molar-refractivity contribution is 7.92. The fourth-order valence-electron chi connectivity index (χ4n) is 2.54. The van der Waals surface area contributed by atoms with E-state index in [1.54, 1.807) is 54.7 Å². The zero-order chi connectivity index (χ0) is 20.9. The van der Waals surface area contributed by atoms with Crippen molar-refractivity contribution in [2.24, 2.45) is 5.10 Å². The fourth-order valence-corrected chi connectivity index (χ4v) is 4.20. The molecule has 2 aromatic carbocycles. The summed E-state index contributed by atoms with van der Waals surface area (Å²) in [4.78, 5) is 13.1. The van der Waals surface area contributed by atoms with E-state index >= 15 is 0 Å². The molecule has 1 N–H and O–H groups in total. The number of sulfonamides is 1. The van der Waals surface area contributed by atoms with Gasteiger partial charge < -0.3 is 0 Å². The van der Waals surface area contributed by atoms with Gasteiger partial charge in [0.15, 0.2) is 0 Å². The molecule has 0 bridgehead atoms. The van der Waals surface area contributed by atoms with Crippen LogP contribution < -0.4 is 9.73 Å². The standard InChI is InChI=1S/C20H18ClN3O3S2/c1-29(26,27)24(14-16-5-2-3-7-19(16)21)17-10-8-15(9-11-17)20(25)23-22-13-18-6-4-12-28-18/h2-13H,14H2,1H3,(H,23,25)/b22-13-. The topological polar surface area (TPSA) is 78.8 Å². The molecular weight excluding hydrogens is 430 g/mol. The van der Waals surface area contributed by atoms with Crippen molar-refractivity contribution >= 4 is 50.8 Å². The van der Waals surface area contributed by atoms with Gasteiger partial charge in [-0.2, -0.15) is 5.10 Å². The molecule has 9 heteroatoms. The van der Waals surface area contributed by atoms with Crippen molar-refractivity contribution in [3.8, 4) is 0 Å². The molecule has 0 atom stereocenters. The molecule has 0 aliphatic heterocycles. The zero-order valence-electron chi connectivity index (χ0n) is 15.4. The molecule has 1 heterocycles. The molecule has 29 heavy (non-hydrogen) atoms. The number of carbonyl (C=O) groups excluding carboxylic acids is 1. The number of benzene rings is 2. The van der Waals surface area contributed by atoms with Crippen LogP contribution in [0.5, 0.6) is 0 Å². The lowest BCUT2D eigenvalue weighted by Crippen LogP contribution is -2.29. The number of nitrogens with one attached hydrogen (secondary N) is 1. The van der Waals surface area contributed by atoms with Gasteiger partial charge in [0, 0.05) is 15.5 Å². The lowest BCUT2D eigenvalue weighted by molar-refractivity contribution is 0.0955. The second-order valence-corrected chi connectivity index (χ2v) is 9.42. The van der Waals surface area contributed by atoms with Gasteiger partial charge in [0.2, 0.25) is 10.0 Å².